The van der Waals surface area contributed by atoms with Gasteiger partial charge in [0.05, 0.1) is 10.7 Å². The van der Waals surface area contributed by atoms with E-state index in [4.69, 9.17) is 0 Å². The maximum atomic E-state index is 13.6. The second-order valence-electron chi connectivity index (χ2n) is 3.44. The van der Waals surface area contributed by atoms with Crippen LogP contribution in [0.3, 0.4) is 0 Å². The number of nitrogens with zero attached hydrogens (tertiary/aromatic N) is 2. The van der Waals surface area contributed by atoms with Gasteiger partial charge < -0.3 is 0 Å². The molecule has 1 aromatic carbocycles. The lowest BCUT2D eigenvalue weighted by molar-refractivity contribution is 0.373. The molecule has 0 aliphatic carbocycles. The number of rotatable bonds is 1. The first-order valence-electron chi connectivity index (χ1n) is 4.72. The van der Waals surface area contributed by atoms with Gasteiger partial charge in [0.15, 0.2) is 23.3 Å². The van der Waals surface area contributed by atoms with Gasteiger partial charge in [-0.1, -0.05) is 0 Å². The summed E-state index contributed by atoms with van der Waals surface area (Å²) in [4.78, 5) is 11.8. The van der Waals surface area contributed by atoms with Crippen molar-refractivity contribution in [3.05, 3.63) is 54.6 Å². The molecule has 0 N–H and O–H groups in total. The Morgan fingerprint density at radius 3 is 1.85 bits per heavy atom. The van der Waals surface area contributed by atoms with E-state index < -0.39 is 40.3 Å². The van der Waals surface area contributed by atoms with Gasteiger partial charge in [-0.25, -0.2) is 22.0 Å². The van der Waals surface area contributed by atoms with Crippen molar-refractivity contribution in [1.29, 1.82) is 0 Å². The van der Waals surface area contributed by atoms with E-state index in [1.807, 2.05) is 0 Å². The summed E-state index contributed by atoms with van der Waals surface area (Å²) in [5, 5.41) is 3.33. The largest absolute Gasteiger partial charge is 0.287 e. The normalized spacial score (nSPS) is 10.9. The van der Waals surface area contributed by atoms with Crippen molar-refractivity contribution >= 4 is 31.9 Å². The second kappa shape index (κ2) is 5.24. The molecule has 106 valence electrons. The Balaban J connectivity index is 2.91. The number of hydrogen-bond acceptors (Lipinski definition) is 2. The highest BCUT2D eigenvalue weighted by Gasteiger charge is 2.28. The maximum Gasteiger partial charge on any atom is 0.287 e. The standard InChI is InChI=1S/C10HBr2F5N2O/c11-2-1-18-19(10(20)3(2)12)9-7(16)5(14)4(13)6(15)8(9)17/h1H. The van der Waals surface area contributed by atoms with E-state index >= 15 is 0 Å². The van der Waals surface area contributed by atoms with E-state index in [9.17, 15) is 26.7 Å². The third-order valence-corrected chi connectivity index (χ3v) is 4.17. The van der Waals surface area contributed by atoms with Crippen molar-refractivity contribution in [2.45, 2.75) is 0 Å². The summed E-state index contributed by atoms with van der Waals surface area (Å²) in [5.41, 5.74) is -2.54. The van der Waals surface area contributed by atoms with E-state index in [0.717, 1.165) is 6.20 Å². The summed E-state index contributed by atoms with van der Waals surface area (Å²) >= 11 is 5.71. The third-order valence-electron chi connectivity index (χ3n) is 2.27. The fourth-order valence-electron chi connectivity index (χ4n) is 1.35. The van der Waals surface area contributed by atoms with Crippen molar-refractivity contribution in [2.24, 2.45) is 0 Å². The minimum Gasteiger partial charge on any atom is -0.266 e. The number of aromatic nitrogens is 2. The molecule has 10 heteroatoms. The summed E-state index contributed by atoms with van der Waals surface area (Å²) in [5.74, 6) is -10.9. The molecule has 0 aliphatic rings. The monoisotopic (exact) mass is 418 g/mol. The molecule has 1 aromatic heterocycles. The molecule has 0 unspecified atom stereocenters. The van der Waals surface area contributed by atoms with Crippen LogP contribution >= 0.6 is 31.9 Å². The van der Waals surface area contributed by atoms with Crippen molar-refractivity contribution in [1.82, 2.24) is 9.78 Å². The first kappa shape index (κ1) is 15.1. The number of benzene rings is 1. The van der Waals surface area contributed by atoms with Crippen molar-refractivity contribution in [2.75, 3.05) is 0 Å². The van der Waals surface area contributed by atoms with Crippen LogP contribution in [0.5, 0.6) is 0 Å². The Morgan fingerprint density at radius 2 is 1.35 bits per heavy atom. The number of hydrogen-bond donors (Lipinski definition) is 0. The highest BCUT2D eigenvalue weighted by atomic mass is 79.9. The summed E-state index contributed by atoms with van der Waals surface area (Å²) in [6, 6.07) is 0. The Bertz CT molecular complexity index is 748. The van der Waals surface area contributed by atoms with Crippen LogP contribution in [0.15, 0.2) is 19.9 Å². The number of halogens is 7. The highest BCUT2D eigenvalue weighted by molar-refractivity contribution is 9.13. The zero-order valence-electron chi connectivity index (χ0n) is 9.03. The summed E-state index contributed by atoms with van der Waals surface area (Å²) in [7, 11) is 0. The molecule has 0 saturated carbocycles. The molecular formula is C10HBr2F5N2O. The fraction of sp³-hybridized carbons (Fsp3) is 0. The lowest BCUT2D eigenvalue weighted by Crippen LogP contribution is -2.25. The minimum atomic E-state index is -2.31. The van der Waals surface area contributed by atoms with E-state index in [1.54, 1.807) is 0 Å². The maximum absolute atomic E-state index is 13.6. The van der Waals surface area contributed by atoms with E-state index in [2.05, 4.69) is 37.0 Å². The molecule has 2 aromatic rings. The Kier molecular flexibility index (Phi) is 3.96. The van der Waals surface area contributed by atoms with Crippen LogP contribution in [0.1, 0.15) is 0 Å². The molecule has 3 nitrogen and oxygen atoms in total. The molecule has 0 radical (unpaired) electrons. The molecule has 0 saturated heterocycles. The Morgan fingerprint density at radius 1 is 0.900 bits per heavy atom. The molecule has 20 heavy (non-hydrogen) atoms. The van der Waals surface area contributed by atoms with Crippen LogP contribution in [-0.2, 0) is 0 Å². The molecule has 0 spiro atoms. The van der Waals surface area contributed by atoms with Gasteiger partial charge in [-0.2, -0.15) is 9.78 Å². The van der Waals surface area contributed by atoms with Crippen molar-refractivity contribution in [3.8, 4) is 5.69 Å². The first-order chi connectivity index (χ1) is 9.27. The van der Waals surface area contributed by atoms with Gasteiger partial charge in [-0.15, -0.1) is 0 Å². The molecule has 0 atom stereocenters. The quantitative estimate of drug-likeness (QED) is 0.403. The Labute approximate surface area is 124 Å². The topological polar surface area (TPSA) is 34.9 Å². The van der Waals surface area contributed by atoms with Crippen LogP contribution in [0.2, 0.25) is 0 Å². The van der Waals surface area contributed by atoms with Crippen LogP contribution in [0.25, 0.3) is 5.69 Å². The van der Waals surface area contributed by atoms with Crippen LogP contribution in [0.4, 0.5) is 22.0 Å². The molecule has 0 fully saturated rings. The lowest BCUT2D eigenvalue weighted by Gasteiger charge is -2.10. The molecular weight excluding hydrogens is 419 g/mol. The molecule has 2 rings (SSSR count). The smallest absolute Gasteiger partial charge is 0.266 e. The first-order valence-corrected chi connectivity index (χ1v) is 6.31. The van der Waals surface area contributed by atoms with Crippen LogP contribution in [-0.4, -0.2) is 9.78 Å². The Hall–Kier alpha value is -1.29. The van der Waals surface area contributed by atoms with E-state index in [-0.39, 0.29) is 13.6 Å². The average Bonchev–Trinajstić information content (AvgIpc) is 2.43. The molecule has 0 bridgehead atoms. The van der Waals surface area contributed by atoms with Crippen molar-refractivity contribution < 1.29 is 22.0 Å². The van der Waals surface area contributed by atoms with E-state index in [0.29, 0.717) is 0 Å². The van der Waals surface area contributed by atoms with Gasteiger partial charge in [-0.05, 0) is 31.9 Å². The predicted molar refractivity (Wildman–Crippen MR) is 65.0 cm³/mol. The van der Waals surface area contributed by atoms with Gasteiger partial charge in [0, 0.05) is 0 Å². The van der Waals surface area contributed by atoms with E-state index in [1.165, 1.54) is 0 Å². The summed E-state index contributed by atoms with van der Waals surface area (Å²) in [6.45, 7) is 0. The molecule has 0 aliphatic heterocycles. The van der Waals surface area contributed by atoms with Crippen molar-refractivity contribution in [3.63, 3.8) is 0 Å². The van der Waals surface area contributed by atoms with Crippen LogP contribution < -0.4 is 5.56 Å². The SMILES string of the molecule is O=c1c(Br)c(Br)cnn1-c1c(F)c(F)c(F)c(F)c1F. The summed E-state index contributed by atoms with van der Waals surface area (Å²) in [6.07, 6.45) is 0.962. The molecule has 1 heterocycles. The lowest BCUT2D eigenvalue weighted by atomic mass is 10.2. The molecule has 0 amide bonds. The predicted octanol–water partition coefficient (Wildman–Crippen LogP) is 3.45. The zero-order chi connectivity index (χ0) is 15.2. The van der Waals surface area contributed by atoms with Gasteiger partial charge in [0.25, 0.3) is 5.56 Å². The van der Waals surface area contributed by atoms with Gasteiger partial charge in [0.1, 0.15) is 10.2 Å². The average molecular weight is 420 g/mol. The second-order valence-corrected chi connectivity index (χ2v) is 5.09. The third kappa shape index (κ3) is 2.16. The van der Waals surface area contributed by atoms with Gasteiger partial charge in [-0.3, -0.25) is 4.79 Å². The van der Waals surface area contributed by atoms with Crippen LogP contribution in [0, 0.1) is 29.1 Å². The fourth-order valence-corrected chi connectivity index (χ4v) is 1.88. The van der Waals surface area contributed by atoms with Gasteiger partial charge >= 0.3 is 0 Å². The minimum absolute atomic E-state index is 0.0745. The highest BCUT2D eigenvalue weighted by Crippen LogP contribution is 2.26. The summed E-state index contributed by atoms with van der Waals surface area (Å²) < 4.78 is 66.2. The zero-order valence-corrected chi connectivity index (χ0v) is 12.2. The van der Waals surface area contributed by atoms with Gasteiger partial charge in [0.2, 0.25) is 5.82 Å².